The second-order valence-corrected chi connectivity index (χ2v) is 8.59. The lowest BCUT2D eigenvalue weighted by atomic mass is 10.1. The van der Waals surface area contributed by atoms with Crippen LogP contribution in [0.4, 0.5) is 0 Å². The van der Waals surface area contributed by atoms with Crippen LogP contribution in [0.15, 0.2) is 48.5 Å². The predicted octanol–water partition coefficient (Wildman–Crippen LogP) is 6.64. The second-order valence-electron chi connectivity index (χ2n) is 8.59. The first-order valence-corrected chi connectivity index (χ1v) is 12.4. The van der Waals surface area contributed by atoms with Gasteiger partial charge in [-0.2, -0.15) is 0 Å². The fourth-order valence-electron chi connectivity index (χ4n) is 3.83. The molecule has 0 saturated carbocycles. The lowest BCUT2D eigenvalue weighted by molar-refractivity contribution is 0.0953. The Morgan fingerprint density at radius 1 is 0.781 bits per heavy atom. The highest BCUT2D eigenvalue weighted by molar-refractivity contribution is 5.94. The van der Waals surface area contributed by atoms with Crippen molar-refractivity contribution in [1.82, 2.24) is 10.6 Å². The number of ether oxygens (including phenoxy) is 1. The van der Waals surface area contributed by atoms with Gasteiger partial charge in [-0.05, 0) is 41.8 Å². The van der Waals surface area contributed by atoms with E-state index < -0.39 is 0 Å². The van der Waals surface area contributed by atoms with E-state index in [9.17, 15) is 4.79 Å². The van der Waals surface area contributed by atoms with Gasteiger partial charge in [0, 0.05) is 25.2 Å². The lowest BCUT2D eigenvalue weighted by Gasteiger charge is -2.09. The van der Waals surface area contributed by atoms with E-state index in [0.717, 1.165) is 42.9 Å². The Morgan fingerprint density at radius 3 is 2.06 bits per heavy atom. The molecular formula is C28H42N2O2. The zero-order valence-electron chi connectivity index (χ0n) is 20.1. The smallest absolute Gasteiger partial charge is 0.251 e. The molecule has 0 bridgehead atoms. The number of carbonyl (C=O) groups excluding carboxylic acids is 1. The maximum Gasteiger partial charge on any atom is 0.251 e. The van der Waals surface area contributed by atoms with Crippen LogP contribution in [-0.2, 0) is 13.1 Å². The molecule has 2 rings (SSSR count). The lowest BCUT2D eigenvalue weighted by Crippen LogP contribution is -2.24. The van der Waals surface area contributed by atoms with Crippen molar-refractivity contribution in [3.8, 4) is 5.75 Å². The Balaban J connectivity index is 1.58. The fourth-order valence-corrected chi connectivity index (χ4v) is 3.83. The van der Waals surface area contributed by atoms with Crippen LogP contribution in [0.3, 0.4) is 0 Å². The van der Waals surface area contributed by atoms with Gasteiger partial charge in [0.2, 0.25) is 0 Å². The molecule has 0 saturated heterocycles. The fraction of sp³-hybridized carbons (Fsp3) is 0.536. The van der Waals surface area contributed by atoms with E-state index in [1.165, 1.54) is 63.4 Å². The summed E-state index contributed by atoms with van der Waals surface area (Å²) < 4.78 is 5.19. The summed E-state index contributed by atoms with van der Waals surface area (Å²) in [6.45, 7) is 4.53. The van der Waals surface area contributed by atoms with Gasteiger partial charge in [-0.1, -0.05) is 89.0 Å². The number of unbranched alkanes of at least 4 members (excludes halogenated alkanes) is 9. The summed E-state index contributed by atoms with van der Waals surface area (Å²) in [7, 11) is 1.67. The molecule has 0 unspecified atom stereocenters. The van der Waals surface area contributed by atoms with Gasteiger partial charge in [0.1, 0.15) is 5.75 Å². The summed E-state index contributed by atoms with van der Waals surface area (Å²) in [6.07, 6.45) is 13.1. The molecule has 2 aromatic rings. The third kappa shape index (κ3) is 10.8. The molecule has 0 aliphatic heterocycles. The summed E-state index contributed by atoms with van der Waals surface area (Å²) in [4.78, 5) is 12.5. The van der Waals surface area contributed by atoms with Crippen LogP contribution >= 0.6 is 0 Å². The van der Waals surface area contributed by atoms with Crippen LogP contribution in [-0.4, -0.2) is 19.6 Å². The van der Waals surface area contributed by atoms with E-state index in [0.29, 0.717) is 0 Å². The summed E-state index contributed by atoms with van der Waals surface area (Å²) in [5, 5.41) is 6.51. The largest absolute Gasteiger partial charge is 0.497 e. The zero-order valence-corrected chi connectivity index (χ0v) is 20.1. The van der Waals surface area contributed by atoms with E-state index in [2.05, 4.69) is 35.8 Å². The van der Waals surface area contributed by atoms with Gasteiger partial charge in [0.05, 0.1) is 7.11 Å². The highest BCUT2D eigenvalue weighted by Crippen LogP contribution is 2.12. The molecule has 0 heterocycles. The van der Waals surface area contributed by atoms with Gasteiger partial charge in [-0.3, -0.25) is 4.79 Å². The van der Waals surface area contributed by atoms with Crippen LogP contribution in [0.5, 0.6) is 5.75 Å². The SMILES string of the molecule is CCCCCCCCCCCCNC(=O)c1cccc(CNCc2ccc(OC)cc2)c1. The van der Waals surface area contributed by atoms with Crippen molar-refractivity contribution in [3.05, 3.63) is 65.2 Å². The standard InChI is InChI=1S/C28H42N2O2/c1-3-4-5-6-7-8-9-10-11-12-20-30-28(31)26-15-13-14-25(21-26)23-29-22-24-16-18-27(32-2)19-17-24/h13-19,21,29H,3-12,20,22-23H2,1-2H3,(H,30,31). The van der Waals surface area contributed by atoms with Crippen LogP contribution in [0.2, 0.25) is 0 Å². The van der Waals surface area contributed by atoms with Crippen molar-refractivity contribution in [2.45, 2.75) is 84.2 Å². The quantitative estimate of drug-likeness (QED) is 0.272. The molecule has 0 aliphatic carbocycles. The molecule has 1 amide bonds. The molecule has 176 valence electrons. The zero-order chi connectivity index (χ0) is 22.9. The van der Waals surface area contributed by atoms with Gasteiger partial charge in [0.25, 0.3) is 5.91 Å². The van der Waals surface area contributed by atoms with E-state index in [4.69, 9.17) is 4.74 Å². The number of rotatable bonds is 17. The normalized spacial score (nSPS) is 10.8. The first-order chi connectivity index (χ1) is 15.7. The first-order valence-electron chi connectivity index (χ1n) is 12.4. The van der Waals surface area contributed by atoms with Gasteiger partial charge in [-0.15, -0.1) is 0 Å². The van der Waals surface area contributed by atoms with Gasteiger partial charge in [-0.25, -0.2) is 0 Å². The number of nitrogens with one attached hydrogen (secondary N) is 2. The van der Waals surface area contributed by atoms with Crippen molar-refractivity contribution in [1.29, 1.82) is 0 Å². The Bertz CT molecular complexity index is 758. The monoisotopic (exact) mass is 438 g/mol. The van der Waals surface area contributed by atoms with E-state index in [-0.39, 0.29) is 5.91 Å². The maximum atomic E-state index is 12.5. The second kappa shape index (κ2) is 16.3. The molecule has 0 spiro atoms. The maximum absolute atomic E-state index is 12.5. The minimum atomic E-state index is 0.0259. The Labute approximate surface area is 195 Å². The average Bonchev–Trinajstić information content (AvgIpc) is 2.83. The summed E-state index contributed by atoms with van der Waals surface area (Å²) in [5.74, 6) is 0.892. The van der Waals surface area contributed by atoms with Gasteiger partial charge in [0.15, 0.2) is 0 Å². The van der Waals surface area contributed by atoms with E-state index in [1.807, 2.05) is 30.3 Å². The van der Waals surface area contributed by atoms with Gasteiger partial charge >= 0.3 is 0 Å². The minimum Gasteiger partial charge on any atom is -0.497 e. The first kappa shape index (κ1) is 25.9. The van der Waals surface area contributed by atoms with Crippen molar-refractivity contribution in [2.75, 3.05) is 13.7 Å². The highest BCUT2D eigenvalue weighted by Gasteiger charge is 2.06. The number of carbonyl (C=O) groups is 1. The number of hydrogen-bond acceptors (Lipinski definition) is 3. The molecule has 32 heavy (non-hydrogen) atoms. The predicted molar refractivity (Wildman–Crippen MR) is 134 cm³/mol. The van der Waals surface area contributed by atoms with E-state index in [1.54, 1.807) is 7.11 Å². The Morgan fingerprint density at radius 2 is 1.41 bits per heavy atom. The summed E-state index contributed by atoms with van der Waals surface area (Å²) >= 11 is 0. The molecular weight excluding hydrogens is 396 g/mol. The van der Waals surface area contributed by atoms with Crippen molar-refractivity contribution >= 4 is 5.91 Å². The van der Waals surface area contributed by atoms with Crippen molar-refractivity contribution < 1.29 is 9.53 Å². The molecule has 0 atom stereocenters. The molecule has 0 aromatic heterocycles. The molecule has 2 aromatic carbocycles. The van der Waals surface area contributed by atoms with E-state index >= 15 is 0 Å². The molecule has 0 radical (unpaired) electrons. The number of hydrogen-bond donors (Lipinski definition) is 2. The molecule has 2 N–H and O–H groups in total. The van der Waals surface area contributed by atoms with Crippen LogP contribution in [0, 0.1) is 0 Å². The minimum absolute atomic E-state index is 0.0259. The van der Waals surface area contributed by atoms with Crippen molar-refractivity contribution in [2.24, 2.45) is 0 Å². The van der Waals surface area contributed by atoms with Crippen molar-refractivity contribution in [3.63, 3.8) is 0 Å². The van der Waals surface area contributed by atoms with Crippen LogP contribution in [0.1, 0.15) is 92.6 Å². The topological polar surface area (TPSA) is 50.4 Å². The Kier molecular flexibility index (Phi) is 13.2. The Hall–Kier alpha value is -2.33. The molecule has 0 fully saturated rings. The van der Waals surface area contributed by atoms with Gasteiger partial charge < -0.3 is 15.4 Å². The third-order valence-electron chi connectivity index (χ3n) is 5.82. The number of amides is 1. The molecule has 0 aliphatic rings. The van der Waals surface area contributed by atoms with Crippen LogP contribution < -0.4 is 15.4 Å². The third-order valence-corrected chi connectivity index (χ3v) is 5.82. The average molecular weight is 439 g/mol. The highest BCUT2D eigenvalue weighted by atomic mass is 16.5. The van der Waals surface area contributed by atoms with Crippen LogP contribution in [0.25, 0.3) is 0 Å². The number of methoxy groups -OCH3 is 1. The molecule has 4 nitrogen and oxygen atoms in total. The summed E-state index contributed by atoms with van der Waals surface area (Å²) in [5.41, 5.74) is 3.06. The molecule has 4 heteroatoms. The summed E-state index contributed by atoms with van der Waals surface area (Å²) in [6, 6.07) is 15.9. The number of benzene rings is 2.